The molecule has 0 unspecified atom stereocenters. The summed E-state index contributed by atoms with van der Waals surface area (Å²) in [7, 11) is 0. The second kappa shape index (κ2) is 8.99. The molecule has 0 saturated carbocycles. The van der Waals surface area contributed by atoms with Gasteiger partial charge in [-0.3, -0.25) is 9.59 Å². The second-order valence-corrected chi connectivity index (χ2v) is 5.39. The predicted octanol–water partition coefficient (Wildman–Crippen LogP) is 1.97. The zero-order valence-corrected chi connectivity index (χ0v) is 14.5. The molecule has 0 fully saturated rings. The first-order valence-corrected chi connectivity index (χ1v) is 8.11. The monoisotopic (exact) mass is 381 g/mol. The summed E-state index contributed by atoms with van der Waals surface area (Å²) >= 11 is 0. The number of benzene rings is 1. The third-order valence-electron chi connectivity index (χ3n) is 3.37. The molecule has 28 heavy (non-hydrogen) atoms. The molecule has 0 atom stereocenters. The average Bonchev–Trinajstić information content (AvgIpc) is 3.41. The van der Waals surface area contributed by atoms with Crippen LogP contribution in [0.1, 0.15) is 26.7 Å². The molecule has 2 amide bonds. The second-order valence-electron chi connectivity index (χ2n) is 5.39. The van der Waals surface area contributed by atoms with Crippen LogP contribution in [0.5, 0.6) is 5.75 Å². The van der Waals surface area contributed by atoms with E-state index < -0.39 is 17.8 Å². The van der Waals surface area contributed by atoms with Crippen molar-refractivity contribution in [1.29, 1.82) is 0 Å². The molecule has 0 radical (unpaired) electrons. The lowest BCUT2D eigenvalue weighted by Crippen LogP contribution is -2.34. The fourth-order valence-corrected chi connectivity index (χ4v) is 2.05. The number of amides is 2. The van der Waals surface area contributed by atoms with Crippen LogP contribution in [-0.2, 0) is 4.79 Å². The Labute approximate surface area is 159 Å². The standard InChI is InChI=1S/C19H15N3O6/c23-17(12-20-18(24)15-3-1-9-26-15)22-21-11-13-5-7-14(8-6-13)28-19(25)16-4-2-10-27-16/h1-11H,12H2,(H,20,24)(H,22,23). The summed E-state index contributed by atoms with van der Waals surface area (Å²) in [6.45, 7) is -0.251. The van der Waals surface area contributed by atoms with Crippen molar-refractivity contribution in [1.82, 2.24) is 10.7 Å². The number of hydrogen-bond donors (Lipinski definition) is 2. The van der Waals surface area contributed by atoms with Gasteiger partial charge in [0.1, 0.15) is 5.75 Å². The summed E-state index contributed by atoms with van der Waals surface area (Å²) in [4.78, 5) is 35.0. The molecule has 3 rings (SSSR count). The molecule has 142 valence electrons. The van der Waals surface area contributed by atoms with E-state index in [2.05, 4.69) is 15.8 Å². The first-order chi connectivity index (χ1) is 13.6. The Morgan fingerprint density at radius 1 is 0.964 bits per heavy atom. The predicted molar refractivity (Wildman–Crippen MR) is 96.9 cm³/mol. The molecule has 3 aromatic rings. The van der Waals surface area contributed by atoms with Gasteiger partial charge in [0.2, 0.25) is 5.76 Å². The molecule has 0 aliphatic heterocycles. The smallest absolute Gasteiger partial charge is 0.379 e. The minimum Gasteiger partial charge on any atom is -0.459 e. The Balaban J connectivity index is 1.43. The molecule has 2 aromatic heterocycles. The number of nitrogens with zero attached hydrogens (tertiary/aromatic N) is 1. The molecule has 9 nitrogen and oxygen atoms in total. The van der Waals surface area contributed by atoms with E-state index in [4.69, 9.17) is 13.6 Å². The quantitative estimate of drug-likeness (QED) is 0.279. The van der Waals surface area contributed by atoms with Crippen LogP contribution in [0.15, 0.2) is 75.0 Å². The zero-order valence-electron chi connectivity index (χ0n) is 14.5. The number of hydrazone groups is 1. The van der Waals surface area contributed by atoms with Crippen molar-refractivity contribution in [3.63, 3.8) is 0 Å². The maximum absolute atomic E-state index is 11.8. The van der Waals surface area contributed by atoms with Gasteiger partial charge in [0, 0.05) is 0 Å². The lowest BCUT2D eigenvalue weighted by Gasteiger charge is -2.03. The van der Waals surface area contributed by atoms with E-state index >= 15 is 0 Å². The molecule has 0 aliphatic rings. The highest BCUT2D eigenvalue weighted by Gasteiger charge is 2.11. The van der Waals surface area contributed by atoms with Gasteiger partial charge < -0.3 is 18.9 Å². The van der Waals surface area contributed by atoms with Gasteiger partial charge in [0.05, 0.1) is 25.3 Å². The molecule has 2 N–H and O–H groups in total. The van der Waals surface area contributed by atoms with E-state index in [-0.39, 0.29) is 18.1 Å². The van der Waals surface area contributed by atoms with Gasteiger partial charge in [-0.25, -0.2) is 10.2 Å². The van der Waals surface area contributed by atoms with Crippen LogP contribution in [0.3, 0.4) is 0 Å². The van der Waals surface area contributed by atoms with Gasteiger partial charge in [0.25, 0.3) is 11.8 Å². The van der Waals surface area contributed by atoms with Gasteiger partial charge in [-0.2, -0.15) is 5.10 Å². The number of hydrogen-bond acceptors (Lipinski definition) is 7. The molecule has 0 bridgehead atoms. The highest BCUT2D eigenvalue weighted by Crippen LogP contribution is 2.13. The van der Waals surface area contributed by atoms with Crippen LogP contribution in [0, 0.1) is 0 Å². The van der Waals surface area contributed by atoms with Crippen LogP contribution >= 0.6 is 0 Å². The first-order valence-electron chi connectivity index (χ1n) is 8.11. The fraction of sp³-hybridized carbons (Fsp3) is 0.0526. The highest BCUT2D eigenvalue weighted by molar-refractivity contribution is 5.94. The normalized spacial score (nSPS) is 10.6. The number of nitrogens with one attached hydrogen (secondary N) is 2. The van der Waals surface area contributed by atoms with Gasteiger partial charge in [-0.15, -0.1) is 0 Å². The van der Waals surface area contributed by atoms with Gasteiger partial charge in [0.15, 0.2) is 5.76 Å². The number of carbonyl (C=O) groups excluding carboxylic acids is 3. The molecule has 2 heterocycles. The van der Waals surface area contributed by atoms with E-state index in [9.17, 15) is 14.4 Å². The SMILES string of the molecule is O=C(CNC(=O)c1ccco1)NN=Cc1ccc(OC(=O)c2ccco2)cc1. The molecule has 0 aliphatic carbocycles. The minimum atomic E-state index is -0.602. The Hall–Kier alpha value is -4.14. The van der Waals surface area contributed by atoms with Crippen molar-refractivity contribution in [2.75, 3.05) is 6.54 Å². The third-order valence-corrected chi connectivity index (χ3v) is 3.37. The van der Waals surface area contributed by atoms with Gasteiger partial charge in [-0.1, -0.05) is 0 Å². The molecule has 0 spiro atoms. The summed E-state index contributed by atoms with van der Waals surface area (Å²) in [5, 5.41) is 6.19. The zero-order chi connectivity index (χ0) is 19.8. The molecular formula is C19H15N3O6. The van der Waals surface area contributed by atoms with Crippen molar-refractivity contribution in [3.05, 3.63) is 78.1 Å². The number of esters is 1. The van der Waals surface area contributed by atoms with Crippen LogP contribution in [0.2, 0.25) is 0 Å². The number of furan rings is 2. The van der Waals surface area contributed by atoms with Gasteiger partial charge >= 0.3 is 5.97 Å². The van der Waals surface area contributed by atoms with E-state index in [0.717, 1.165) is 0 Å². The van der Waals surface area contributed by atoms with Crippen molar-refractivity contribution >= 4 is 24.0 Å². The third kappa shape index (κ3) is 5.18. The lowest BCUT2D eigenvalue weighted by molar-refractivity contribution is -0.120. The maximum atomic E-state index is 11.8. The number of rotatable bonds is 7. The molecule has 0 saturated heterocycles. The van der Waals surface area contributed by atoms with Crippen molar-refractivity contribution in [2.45, 2.75) is 0 Å². The summed E-state index contributed by atoms with van der Waals surface area (Å²) in [5.74, 6) is -1.04. The van der Waals surface area contributed by atoms with Crippen molar-refractivity contribution in [2.24, 2.45) is 5.10 Å². The number of ether oxygens (including phenoxy) is 1. The summed E-state index contributed by atoms with van der Waals surface area (Å²) < 4.78 is 15.0. The lowest BCUT2D eigenvalue weighted by atomic mass is 10.2. The van der Waals surface area contributed by atoms with Crippen LogP contribution in [0.4, 0.5) is 0 Å². The summed E-state index contributed by atoms with van der Waals surface area (Å²) in [5.41, 5.74) is 2.95. The Kier molecular flexibility index (Phi) is 5.99. The molecule has 1 aromatic carbocycles. The van der Waals surface area contributed by atoms with Crippen molar-refractivity contribution in [3.8, 4) is 5.75 Å². The average molecular weight is 381 g/mol. The largest absolute Gasteiger partial charge is 0.459 e. The summed E-state index contributed by atoms with van der Waals surface area (Å²) in [6, 6.07) is 12.6. The Bertz CT molecular complexity index is 960. The van der Waals surface area contributed by atoms with E-state index in [1.807, 2.05) is 0 Å². The maximum Gasteiger partial charge on any atom is 0.379 e. The minimum absolute atomic E-state index is 0.104. The summed E-state index contributed by atoms with van der Waals surface area (Å²) in [6.07, 6.45) is 4.15. The van der Waals surface area contributed by atoms with E-state index in [1.165, 1.54) is 30.9 Å². The Morgan fingerprint density at radius 2 is 1.64 bits per heavy atom. The van der Waals surface area contributed by atoms with Gasteiger partial charge in [-0.05, 0) is 54.1 Å². The number of carbonyl (C=O) groups is 3. The van der Waals surface area contributed by atoms with Crippen LogP contribution in [0.25, 0.3) is 0 Å². The highest BCUT2D eigenvalue weighted by atomic mass is 16.5. The molecule has 9 heteroatoms. The Morgan fingerprint density at radius 3 is 2.29 bits per heavy atom. The fourth-order valence-electron chi connectivity index (χ4n) is 2.05. The topological polar surface area (TPSA) is 123 Å². The van der Waals surface area contributed by atoms with E-state index in [0.29, 0.717) is 11.3 Å². The van der Waals surface area contributed by atoms with Crippen LogP contribution in [-0.4, -0.2) is 30.5 Å². The van der Waals surface area contributed by atoms with Crippen LogP contribution < -0.4 is 15.5 Å². The first kappa shape index (κ1) is 18.6. The van der Waals surface area contributed by atoms with E-state index in [1.54, 1.807) is 36.4 Å². The van der Waals surface area contributed by atoms with Crippen molar-refractivity contribution < 1.29 is 28.0 Å². The molecular weight excluding hydrogens is 366 g/mol.